The van der Waals surface area contributed by atoms with Gasteiger partial charge in [0.2, 0.25) is 0 Å². The third-order valence-electron chi connectivity index (χ3n) is 4.81. The molecular formula is C22H21N3S. The summed E-state index contributed by atoms with van der Waals surface area (Å²) < 4.78 is 3.47. The molecule has 0 fully saturated rings. The largest absolute Gasteiger partial charge is 0.303 e. The van der Waals surface area contributed by atoms with Gasteiger partial charge in [-0.05, 0) is 47.0 Å². The zero-order chi connectivity index (χ0) is 18.5. The summed E-state index contributed by atoms with van der Waals surface area (Å²) >= 11 is 1.80. The Labute approximate surface area is 157 Å². The molecule has 0 aliphatic rings. The number of nitrogens with zero attached hydrogens (tertiary/aromatic N) is 3. The summed E-state index contributed by atoms with van der Waals surface area (Å²) in [4.78, 5) is 4.89. The first kappa shape index (κ1) is 16.8. The monoisotopic (exact) mass is 359 g/mol. The summed E-state index contributed by atoms with van der Waals surface area (Å²) in [6.07, 6.45) is 2.82. The lowest BCUT2D eigenvalue weighted by Gasteiger charge is -2.18. The van der Waals surface area contributed by atoms with E-state index in [0.29, 0.717) is 5.56 Å². The first-order valence-electron chi connectivity index (χ1n) is 8.76. The van der Waals surface area contributed by atoms with Crippen LogP contribution < -0.4 is 0 Å². The second-order valence-corrected chi connectivity index (χ2v) is 8.71. The number of aryl methyl sites for hydroxylation is 1. The number of nitriles is 1. The van der Waals surface area contributed by atoms with Crippen LogP contribution in [0.3, 0.4) is 0 Å². The molecule has 0 amide bonds. The molecular weight excluding hydrogens is 338 g/mol. The van der Waals surface area contributed by atoms with Gasteiger partial charge in [-0.15, -0.1) is 11.3 Å². The quantitative estimate of drug-likeness (QED) is 0.466. The summed E-state index contributed by atoms with van der Waals surface area (Å²) in [6, 6.07) is 12.4. The molecule has 0 saturated carbocycles. The van der Waals surface area contributed by atoms with Gasteiger partial charge in [0.25, 0.3) is 0 Å². The molecule has 0 unspecified atom stereocenters. The summed E-state index contributed by atoms with van der Waals surface area (Å²) in [5, 5.41) is 12.8. The van der Waals surface area contributed by atoms with Crippen molar-refractivity contribution in [2.45, 2.75) is 39.5 Å². The zero-order valence-corrected chi connectivity index (χ0v) is 16.3. The van der Waals surface area contributed by atoms with Crippen molar-refractivity contribution in [3.8, 4) is 6.07 Å². The van der Waals surface area contributed by atoms with E-state index in [1.807, 2.05) is 18.3 Å². The Morgan fingerprint density at radius 3 is 2.77 bits per heavy atom. The van der Waals surface area contributed by atoms with Crippen LogP contribution in [-0.4, -0.2) is 9.38 Å². The Hall–Kier alpha value is -2.64. The van der Waals surface area contributed by atoms with Gasteiger partial charge in [-0.1, -0.05) is 32.9 Å². The van der Waals surface area contributed by atoms with Gasteiger partial charge in [0.15, 0.2) is 0 Å². The van der Waals surface area contributed by atoms with Crippen molar-refractivity contribution in [3.05, 3.63) is 70.0 Å². The second-order valence-electron chi connectivity index (χ2n) is 7.80. The number of thiophene rings is 1. The van der Waals surface area contributed by atoms with E-state index in [4.69, 9.17) is 4.98 Å². The Bertz CT molecular complexity index is 1170. The van der Waals surface area contributed by atoms with Gasteiger partial charge in [-0.25, -0.2) is 4.98 Å². The van der Waals surface area contributed by atoms with Crippen molar-refractivity contribution in [2.75, 3.05) is 0 Å². The topological polar surface area (TPSA) is 41.1 Å². The first-order chi connectivity index (χ1) is 12.4. The molecule has 4 heteroatoms. The highest BCUT2D eigenvalue weighted by molar-refractivity contribution is 7.17. The highest BCUT2D eigenvalue weighted by Crippen LogP contribution is 2.33. The molecule has 3 aromatic heterocycles. The van der Waals surface area contributed by atoms with Crippen molar-refractivity contribution >= 4 is 27.1 Å². The van der Waals surface area contributed by atoms with Crippen LogP contribution in [0, 0.1) is 18.3 Å². The van der Waals surface area contributed by atoms with Crippen LogP contribution >= 0.6 is 11.3 Å². The van der Waals surface area contributed by atoms with Gasteiger partial charge in [0.05, 0.1) is 23.0 Å². The second kappa shape index (κ2) is 5.96. The van der Waals surface area contributed by atoms with Crippen LogP contribution in [0.25, 0.3) is 15.7 Å². The van der Waals surface area contributed by atoms with E-state index in [2.05, 4.69) is 61.7 Å². The maximum atomic E-state index is 9.20. The minimum atomic E-state index is -0.0605. The van der Waals surface area contributed by atoms with Crippen molar-refractivity contribution in [2.24, 2.45) is 0 Å². The van der Waals surface area contributed by atoms with Gasteiger partial charge >= 0.3 is 0 Å². The lowest BCUT2D eigenvalue weighted by Crippen LogP contribution is -2.15. The normalized spacial score (nSPS) is 12.0. The first-order valence-corrected chi connectivity index (χ1v) is 9.63. The summed E-state index contributed by atoms with van der Waals surface area (Å²) in [6.45, 7) is 8.76. The maximum Gasteiger partial charge on any atom is 0.138 e. The highest BCUT2D eigenvalue weighted by atomic mass is 32.1. The molecule has 0 atom stereocenters. The zero-order valence-electron chi connectivity index (χ0n) is 15.5. The van der Waals surface area contributed by atoms with Crippen LogP contribution in [0.4, 0.5) is 0 Å². The average molecular weight is 359 g/mol. The molecule has 1 aromatic carbocycles. The smallest absolute Gasteiger partial charge is 0.138 e. The maximum absolute atomic E-state index is 9.20. The fourth-order valence-corrected chi connectivity index (χ4v) is 4.63. The van der Waals surface area contributed by atoms with Gasteiger partial charge in [-0.3, -0.25) is 0 Å². The molecule has 0 bridgehead atoms. The Balaban J connectivity index is 1.93. The predicted molar refractivity (Wildman–Crippen MR) is 108 cm³/mol. The van der Waals surface area contributed by atoms with E-state index in [1.54, 1.807) is 11.3 Å². The van der Waals surface area contributed by atoms with Crippen molar-refractivity contribution < 1.29 is 0 Å². The van der Waals surface area contributed by atoms with Crippen LogP contribution in [-0.2, 0) is 11.8 Å². The molecule has 0 radical (unpaired) electrons. The third kappa shape index (κ3) is 2.69. The molecule has 0 spiro atoms. The molecule has 26 heavy (non-hydrogen) atoms. The van der Waals surface area contributed by atoms with E-state index < -0.39 is 0 Å². The van der Waals surface area contributed by atoms with Crippen LogP contribution in [0.15, 0.2) is 41.9 Å². The Morgan fingerprint density at radius 2 is 2.04 bits per heavy atom. The lowest BCUT2D eigenvalue weighted by molar-refractivity contribution is 0.566. The van der Waals surface area contributed by atoms with Gasteiger partial charge in [0.1, 0.15) is 5.65 Å². The number of hydrogen-bond donors (Lipinski definition) is 0. The molecule has 4 rings (SSSR count). The molecule has 4 aromatic rings. The molecule has 130 valence electrons. The number of fused-ring (bicyclic) bond motifs is 2. The molecule has 0 aliphatic carbocycles. The molecule has 0 saturated heterocycles. The molecule has 0 aliphatic heterocycles. The lowest BCUT2D eigenvalue weighted by atomic mass is 9.89. The van der Waals surface area contributed by atoms with Gasteiger partial charge in [0, 0.05) is 22.7 Å². The number of pyridine rings is 1. The number of imidazole rings is 1. The summed E-state index contributed by atoms with van der Waals surface area (Å²) in [5.74, 6) is 0. The summed E-state index contributed by atoms with van der Waals surface area (Å²) in [5.41, 5.74) is 6.40. The number of benzene rings is 1. The van der Waals surface area contributed by atoms with Gasteiger partial charge in [-0.2, -0.15) is 5.26 Å². The fraction of sp³-hybridized carbons (Fsp3) is 0.273. The van der Waals surface area contributed by atoms with Crippen molar-refractivity contribution in [3.63, 3.8) is 0 Å². The number of aromatic nitrogens is 2. The standard InChI is InChI=1S/C22H21N3S/c1-14-6-5-7-18-20(14)16(13-26-18)11-17-21(22(2,3)4)24-19-10-15(12-23)8-9-25(17)19/h5-10,13H,11H2,1-4H3. The van der Waals surface area contributed by atoms with Crippen molar-refractivity contribution in [1.29, 1.82) is 5.26 Å². The Kier molecular flexibility index (Phi) is 3.86. The molecule has 3 nitrogen and oxygen atoms in total. The minimum Gasteiger partial charge on any atom is -0.303 e. The fourth-order valence-electron chi connectivity index (χ4n) is 3.59. The molecule has 0 N–H and O–H groups in total. The van der Waals surface area contributed by atoms with E-state index in [9.17, 15) is 5.26 Å². The Morgan fingerprint density at radius 1 is 1.23 bits per heavy atom. The van der Waals surface area contributed by atoms with Crippen LogP contribution in [0.2, 0.25) is 0 Å². The van der Waals surface area contributed by atoms with E-state index in [1.165, 1.54) is 26.9 Å². The van der Waals surface area contributed by atoms with E-state index >= 15 is 0 Å². The summed E-state index contributed by atoms with van der Waals surface area (Å²) in [7, 11) is 0. The van der Waals surface area contributed by atoms with E-state index in [0.717, 1.165) is 17.8 Å². The number of hydrogen-bond acceptors (Lipinski definition) is 3. The minimum absolute atomic E-state index is 0.0605. The van der Waals surface area contributed by atoms with Crippen LogP contribution in [0.1, 0.15) is 48.8 Å². The number of rotatable bonds is 2. The molecule has 3 heterocycles. The average Bonchev–Trinajstić information content (AvgIpc) is 3.17. The predicted octanol–water partition coefficient (Wildman–Crippen LogP) is 5.62. The van der Waals surface area contributed by atoms with Crippen molar-refractivity contribution in [1.82, 2.24) is 9.38 Å². The SMILES string of the molecule is Cc1cccc2scc(Cc3c(C(C)(C)C)nc4cc(C#N)ccn34)c12. The van der Waals surface area contributed by atoms with Gasteiger partial charge < -0.3 is 4.40 Å². The van der Waals surface area contributed by atoms with E-state index in [-0.39, 0.29) is 5.41 Å². The highest BCUT2D eigenvalue weighted by Gasteiger charge is 2.24. The van der Waals surface area contributed by atoms with Crippen LogP contribution in [0.5, 0.6) is 0 Å². The third-order valence-corrected chi connectivity index (χ3v) is 5.80.